The highest BCUT2D eigenvalue weighted by Gasteiger charge is 2.30. The van der Waals surface area contributed by atoms with E-state index in [0.717, 1.165) is 16.7 Å². The van der Waals surface area contributed by atoms with Gasteiger partial charge in [-0.05, 0) is 16.7 Å². The molecule has 1 fully saturated rings. The van der Waals surface area contributed by atoms with Crippen molar-refractivity contribution in [2.45, 2.75) is 25.4 Å². The quantitative estimate of drug-likeness (QED) is 0.858. The summed E-state index contributed by atoms with van der Waals surface area (Å²) in [5.41, 5.74) is 2.84. The summed E-state index contributed by atoms with van der Waals surface area (Å²) in [6.07, 6.45) is -1.35. The molecule has 0 radical (unpaired) electrons. The van der Waals surface area contributed by atoms with Crippen LogP contribution in [0.2, 0.25) is 0 Å². The van der Waals surface area contributed by atoms with Crippen LogP contribution < -0.4 is 0 Å². The predicted molar refractivity (Wildman–Crippen MR) is 73.9 cm³/mol. The summed E-state index contributed by atoms with van der Waals surface area (Å²) >= 11 is 0. The smallest absolute Gasteiger partial charge is 0.335 e. The van der Waals surface area contributed by atoms with Crippen molar-refractivity contribution in [3.63, 3.8) is 0 Å². The van der Waals surface area contributed by atoms with E-state index >= 15 is 0 Å². The summed E-state index contributed by atoms with van der Waals surface area (Å²) in [7, 11) is 3.25. The Kier molecular flexibility index (Phi) is 5.69. The van der Waals surface area contributed by atoms with Gasteiger partial charge in [0.25, 0.3) is 0 Å². The molecule has 1 aliphatic rings. The summed E-state index contributed by atoms with van der Waals surface area (Å²) in [5, 5.41) is 9.06. The van der Waals surface area contributed by atoms with E-state index in [2.05, 4.69) is 0 Å². The van der Waals surface area contributed by atoms with E-state index in [0.29, 0.717) is 19.8 Å². The van der Waals surface area contributed by atoms with E-state index in [9.17, 15) is 4.79 Å². The molecule has 1 aromatic carbocycles. The van der Waals surface area contributed by atoms with Crippen molar-refractivity contribution in [3.05, 3.63) is 34.9 Å². The Balaban J connectivity index is 2.29. The number of benzene rings is 1. The Hall–Kier alpha value is -1.47. The van der Waals surface area contributed by atoms with Crippen molar-refractivity contribution in [1.82, 2.24) is 0 Å². The summed E-state index contributed by atoms with van der Waals surface area (Å²) in [5.74, 6) is -1.01. The third kappa shape index (κ3) is 3.79. The molecule has 1 N–H and O–H groups in total. The Morgan fingerprint density at radius 2 is 2.05 bits per heavy atom. The zero-order valence-corrected chi connectivity index (χ0v) is 12.2. The minimum atomic E-state index is -1.01. The van der Waals surface area contributed by atoms with Crippen LogP contribution in [0.1, 0.15) is 22.8 Å². The molecule has 0 amide bonds. The minimum Gasteiger partial charge on any atom is -0.479 e. The SMILES string of the molecule is COCc1cccc(C2COCC(C(=O)O)O2)c1COC. The molecule has 2 rings (SSSR count). The summed E-state index contributed by atoms with van der Waals surface area (Å²) < 4.78 is 21.4. The van der Waals surface area contributed by atoms with Crippen molar-refractivity contribution in [3.8, 4) is 0 Å². The number of aliphatic carboxylic acids is 1. The third-order valence-electron chi connectivity index (χ3n) is 3.39. The first-order chi connectivity index (χ1) is 10.2. The van der Waals surface area contributed by atoms with Gasteiger partial charge in [-0.15, -0.1) is 0 Å². The van der Waals surface area contributed by atoms with Gasteiger partial charge in [0.1, 0.15) is 6.10 Å². The highest BCUT2D eigenvalue weighted by Crippen LogP contribution is 2.29. The molecule has 6 heteroatoms. The Morgan fingerprint density at radius 1 is 1.29 bits per heavy atom. The number of carboxylic acids is 1. The number of carbonyl (C=O) groups is 1. The van der Waals surface area contributed by atoms with Crippen LogP contribution in [0.25, 0.3) is 0 Å². The van der Waals surface area contributed by atoms with Gasteiger partial charge in [-0.1, -0.05) is 18.2 Å². The van der Waals surface area contributed by atoms with Gasteiger partial charge in [-0.25, -0.2) is 4.79 Å². The minimum absolute atomic E-state index is 0.0726. The molecule has 6 nitrogen and oxygen atoms in total. The normalized spacial score (nSPS) is 22.2. The van der Waals surface area contributed by atoms with Crippen LogP contribution in [0, 0.1) is 0 Å². The second-order valence-corrected chi connectivity index (χ2v) is 4.84. The standard InChI is InChI=1S/C15H20O6/c1-18-6-10-4-3-5-11(12(10)7-19-2)13-8-20-9-14(21-13)15(16)17/h3-5,13-14H,6-9H2,1-2H3,(H,16,17). The highest BCUT2D eigenvalue weighted by atomic mass is 16.6. The second kappa shape index (κ2) is 7.51. The Labute approximate surface area is 123 Å². The molecule has 0 saturated carbocycles. The zero-order chi connectivity index (χ0) is 15.2. The number of carboxylic acid groups (broad SMARTS) is 1. The summed E-state index contributed by atoms with van der Waals surface area (Å²) in [6.45, 7) is 1.27. The molecule has 1 heterocycles. The van der Waals surface area contributed by atoms with E-state index in [4.69, 9.17) is 24.1 Å². The number of ether oxygens (including phenoxy) is 4. The van der Waals surface area contributed by atoms with Crippen LogP contribution in [0.4, 0.5) is 0 Å². The maximum atomic E-state index is 11.1. The Bertz CT molecular complexity index is 487. The van der Waals surface area contributed by atoms with Gasteiger partial charge < -0.3 is 24.1 Å². The van der Waals surface area contributed by atoms with Crippen molar-refractivity contribution >= 4 is 5.97 Å². The van der Waals surface area contributed by atoms with Crippen LogP contribution in [-0.2, 0) is 37.0 Å². The van der Waals surface area contributed by atoms with Gasteiger partial charge in [-0.2, -0.15) is 0 Å². The molecule has 0 aliphatic carbocycles. The molecule has 2 unspecified atom stereocenters. The first-order valence-electron chi connectivity index (χ1n) is 6.72. The van der Waals surface area contributed by atoms with Crippen LogP contribution in [0.5, 0.6) is 0 Å². The molecule has 0 bridgehead atoms. The predicted octanol–water partition coefficient (Wildman–Crippen LogP) is 1.52. The van der Waals surface area contributed by atoms with Crippen LogP contribution in [0.3, 0.4) is 0 Å². The molecular formula is C15H20O6. The lowest BCUT2D eigenvalue weighted by Crippen LogP contribution is -2.37. The lowest BCUT2D eigenvalue weighted by Gasteiger charge is -2.30. The van der Waals surface area contributed by atoms with Gasteiger partial charge in [0, 0.05) is 14.2 Å². The number of hydrogen-bond donors (Lipinski definition) is 1. The molecule has 21 heavy (non-hydrogen) atoms. The van der Waals surface area contributed by atoms with Crippen LogP contribution in [-0.4, -0.2) is 44.6 Å². The topological polar surface area (TPSA) is 74.2 Å². The molecular weight excluding hydrogens is 276 g/mol. The fourth-order valence-electron chi connectivity index (χ4n) is 2.42. The van der Waals surface area contributed by atoms with Crippen molar-refractivity contribution < 1.29 is 28.8 Å². The fourth-order valence-corrected chi connectivity index (χ4v) is 2.42. The van der Waals surface area contributed by atoms with Gasteiger partial charge in [-0.3, -0.25) is 0 Å². The van der Waals surface area contributed by atoms with E-state index in [1.165, 1.54) is 0 Å². The third-order valence-corrected chi connectivity index (χ3v) is 3.39. The lowest BCUT2D eigenvalue weighted by atomic mass is 9.97. The van der Waals surface area contributed by atoms with Crippen molar-refractivity contribution in [2.24, 2.45) is 0 Å². The largest absolute Gasteiger partial charge is 0.479 e. The Morgan fingerprint density at radius 3 is 2.71 bits per heavy atom. The van der Waals surface area contributed by atoms with E-state index in [-0.39, 0.29) is 6.61 Å². The first-order valence-corrected chi connectivity index (χ1v) is 6.72. The average Bonchev–Trinajstić information content (AvgIpc) is 2.49. The molecule has 1 aromatic rings. The first kappa shape index (κ1) is 15.9. The molecule has 0 spiro atoms. The number of rotatable bonds is 6. The fraction of sp³-hybridized carbons (Fsp3) is 0.533. The number of hydrogen-bond acceptors (Lipinski definition) is 5. The van der Waals surface area contributed by atoms with Gasteiger partial charge >= 0.3 is 5.97 Å². The second-order valence-electron chi connectivity index (χ2n) is 4.84. The van der Waals surface area contributed by atoms with Crippen LogP contribution in [0.15, 0.2) is 18.2 Å². The van der Waals surface area contributed by atoms with Gasteiger partial charge in [0.15, 0.2) is 6.10 Å². The average molecular weight is 296 g/mol. The summed E-state index contributed by atoms with van der Waals surface area (Å²) in [6, 6.07) is 5.77. The van der Waals surface area contributed by atoms with Gasteiger partial charge in [0.05, 0.1) is 26.4 Å². The maximum absolute atomic E-state index is 11.1. The maximum Gasteiger partial charge on any atom is 0.335 e. The monoisotopic (exact) mass is 296 g/mol. The van der Waals surface area contributed by atoms with Gasteiger partial charge in [0.2, 0.25) is 0 Å². The summed E-state index contributed by atoms with van der Waals surface area (Å²) in [4.78, 5) is 11.1. The molecule has 1 saturated heterocycles. The molecule has 0 aromatic heterocycles. The molecule has 1 aliphatic heterocycles. The number of methoxy groups -OCH3 is 2. The van der Waals surface area contributed by atoms with E-state index in [1.807, 2.05) is 18.2 Å². The van der Waals surface area contributed by atoms with Crippen molar-refractivity contribution in [1.29, 1.82) is 0 Å². The zero-order valence-electron chi connectivity index (χ0n) is 12.2. The molecule has 2 atom stereocenters. The van der Waals surface area contributed by atoms with Crippen molar-refractivity contribution in [2.75, 3.05) is 27.4 Å². The molecule has 116 valence electrons. The highest BCUT2D eigenvalue weighted by molar-refractivity contribution is 5.72. The van der Waals surface area contributed by atoms with E-state index < -0.39 is 18.2 Å². The van der Waals surface area contributed by atoms with E-state index in [1.54, 1.807) is 14.2 Å². The lowest BCUT2D eigenvalue weighted by molar-refractivity contribution is -0.179. The van der Waals surface area contributed by atoms with Crippen LogP contribution >= 0.6 is 0 Å².